The van der Waals surface area contributed by atoms with E-state index in [0.29, 0.717) is 0 Å². The Kier molecular flexibility index (Phi) is 4.61. The van der Waals surface area contributed by atoms with E-state index in [1.807, 2.05) is 0 Å². The van der Waals surface area contributed by atoms with E-state index in [1.54, 1.807) is 18.2 Å². The van der Waals surface area contributed by atoms with E-state index in [1.165, 1.54) is 12.1 Å². The molecule has 0 amide bonds. The molecule has 0 radical (unpaired) electrons. The van der Waals surface area contributed by atoms with Crippen LogP contribution in [0.4, 0.5) is 0 Å². The van der Waals surface area contributed by atoms with Gasteiger partial charge >= 0.3 is 14.5 Å². The minimum absolute atomic E-state index is 0.197. The summed E-state index contributed by atoms with van der Waals surface area (Å²) in [6.07, 6.45) is 0. The fourth-order valence-electron chi connectivity index (χ4n) is 0.715. The van der Waals surface area contributed by atoms with E-state index in [9.17, 15) is 9.46 Å². The van der Waals surface area contributed by atoms with Gasteiger partial charge in [-0.15, -0.1) is 9.35 Å². The summed E-state index contributed by atoms with van der Waals surface area (Å²) in [6, 6.07) is 7.92. The van der Waals surface area contributed by atoms with Crippen LogP contribution in [0.25, 0.3) is 0 Å². The van der Waals surface area contributed by atoms with Crippen LogP contribution in [0.15, 0.2) is 30.3 Å². The van der Waals surface area contributed by atoms with Crippen LogP contribution in [0.1, 0.15) is 0 Å². The highest BCUT2D eigenvalue weighted by Gasteiger charge is 2.25. The van der Waals surface area contributed by atoms with Gasteiger partial charge in [0.25, 0.3) is 0 Å². The highest BCUT2D eigenvalue weighted by Crippen LogP contribution is 2.49. The Bertz CT molecular complexity index is 430. The number of rotatable bonds is 5. The predicted molar refractivity (Wildman–Crippen MR) is 57.8 cm³/mol. The van der Waals surface area contributed by atoms with Crippen molar-refractivity contribution in [2.75, 3.05) is 0 Å². The van der Waals surface area contributed by atoms with E-state index in [0.717, 1.165) is 0 Å². The summed E-state index contributed by atoms with van der Waals surface area (Å²) in [5.74, 6) is 0.197. The molecular formula is C6H8O7P2S. The Morgan fingerprint density at radius 2 is 1.62 bits per heavy atom. The second kappa shape index (κ2) is 5.35. The van der Waals surface area contributed by atoms with Gasteiger partial charge in [0.15, 0.2) is 0 Å². The number of hydrogen-bond donors (Lipinski definition) is 3. The average Bonchev–Trinajstić information content (AvgIpc) is 2.15. The molecule has 0 saturated carbocycles. The maximum atomic E-state index is 10.3. The van der Waals surface area contributed by atoms with Gasteiger partial charge in [0.05, 0.1) is 0 Å². The number of phosphoric acid groups is 1. The van der Waals surface area contributed by atoms with Crippen LogP contribution in [0, 0.1) is 0 Å². The molecule has 16 heavy (non-hydrogen) atoms. The molecule has 10 heteroatoms. The van der Waals surface area contributed by atoms with Gasteiger partial charge in [0, 0.05) is 11.8 Å². The van der Waals surface area contributed by atoms with Gasteiger partial charge in [-0.25, -0.2) is 4.57 Å². The van der Waals surface area contributed by atoms with Gasteiger partial charge in [-0.2, -0.15) is 0 Å². The largest absolute Gasteiger partial charge is 0.497 e. The summed E-state index contributed by atoms with van der Waals surface area (Å²) in [4.78, 5) is 26.0. The van der Waals surface area contributed by atoms with Crippen LogP contribution < -0.4 is 4.52 Å². The monoisotopic (exact) mass is 286 g/mol. The van der Waals surface area contributed by atoms with Crippen molar-refractivity contribution in [1.82, 2.24) is 0 Å². The zero-order valence-corrected chi connectivity index (χ0v) is 10.3. The summed E-state index contributed by atoms with van der Waals surface area (Å²) in [6.45, 7) is -3.89. The van der Waals surface area contributed by atoms with E-state index < -0.39 is 14.5 Å². The third-order valence-electron chi connectivity index (χ3n) is 1.19. The number of benzene rings is 1. The summed E-state index contributed by atoms with van der Waals surface area (Å²) in [7, 11) is -4.87. The van der Waals surface area contributed by atoms with Crippen LogP contribution in [0.5, 0.6) is 5.75 Å². The molecule has 1 unspecified atom stereocenters. The first kappa shape index (κ1) is 13.8. The molecule has 0 aliphatic rings. The molecule has 0 fully saturated rings. The van der Waals surface area contributed by atoms with Crippen molar-refractivity contribution in [2.24, 2.45) is 0 Å². The predicted octanol–water partition coefficient (Wildman–Crippen LogP) is 1.32. The van der Waals surface area contributed by atoms with E-state index in [-0.39, 0.29) is 5.75 Å². The minimum atomic E-state index is -4.87. The smallest absolute Gasteiger partial charge is 0.423 e. The molecular weight excluding hydrogens is 278 g/mol. The van der Waals surface area contributed by atoms with Crippen LogP contribution in [-0.4, -0.2) is 14.7 Å². The minimum Gasteiger partial charge on any atom is -0.423 e. The molecule has 0 aromatic heterocycles. The highest BCUT2D eigenvalue weighted by molar-refractivity contribution is 8.07. The molecule has 7 nitrogen and oxygen atoms in total. The maximum absolute atomic E-state index is 10.3. The Balaban J connectivity index is 2.59. The molecule has 0 saturated heterocycles. The zero-order chi connectivity index (χ0) is 12.2. The molecule has 0 aliphatic heterocycles. The van der Waals surface area contributed by atoms with Gasteiger partial charge in [-0.1, -0.05) is 18.2 Å². The normalized spacial score (nSPS) is 15.4. The maximum Gasteiger partial charge on any atom is 0.497 e. The Morgan fingerprint density at radius 3 is 2.12 bits per heavy atom. The fraction of sp³-hybridized carbons (Fsp3) is 0. The summed E-state index contributed by atoms with van der Waals surface area (Å²) in [5, 5.41) is 0. The molecule has 0 heterocycles. The molecule has 0 spiro atoms. The second-order valence-electron chi connectivity index (χ2n) is 2.51. The topological polar surface area (TPSA) is 105 Å². The second-order valence-corrected chi connectivity index (χ2v) is 6.30. The first-order valence-electron chi connectivity index (χ1n) is 3.79. The van der Waals surface area contributed by atoms with Crippen LogP contribution in [0.2, 0.25) is 0 Å². The average molecular weight is 286 g/mol. The molecule has 90 valence electrons. The lowest BCUT2D eigenvalue weighted by Crippen LogP contribution is -1.97. The SMILES string of the molecule is O=P(O)(O)OOP(O)(=S)Oc1ccccc1. The van der Waals surface area contributed by atoms with Gasteiger partial charge < -0.3 is 19.2 Å². The third-order valence-corrected chi connectivity index (χ3v) is 2.69. The Labute approximate surface area is 96.0 Å². The van der Waals surface area contributed by atoms with Crippen molar-refractivity contribution in [1.29, 1.82) is 0 Å². The fourth-order valence-corrected chi connectivity index (χ4v) is 2.32. The summed E-state index contributed by atoms with van der Waals surface area (Å²) >= 11 is 4.45. The van der Waals surface area contributed by atoms with E-state index in [4.69, 9.17) is 14.3 Å². The van der Waals surface area contributed by atoms with Crippen LogP contribution in [-0.2, 0) is 25.7 Å². The molecule has 0 bridgehead atoms. The van der Waals surface area contributed by atoms with Gasteiger partial charge in [0.1, 0.15) is 5.75 Å². The lowest BCUT2D eigenvalue weighted by Gasteiger charge is -2.14. The quantitative estimate of drug-likeness (QED) is 0.423. The van der Waals surface area contributed by atoms with E-state index in [2.05, 4.69) is 21.2 Å². The zero-order valence-electron chi connectivity index (χ0n) is 7.66. The first-order valence-corrected chi connectivity index (χ1v) is 7.92. The summed E-state index contributed by atoms with van der Waals surface area (Å²) in [5.41, 5.74) is 0. The van der Waals surface area contributed by atoms with E-state index >= 15 is 0 Å². The molecule has 1 atom stereocenters. The third kappa shape index (κ3) is 5.69. The van der Waals surface area contributed by atoms with Crippen LogP contribution >= 0.6 is 14.5 Å². The molecule has 3 N–H and O–H groups in total. The van der Waals surface area contributed by atoms with Gasteiger partial charge in [-0.05, 0) is 12.1 Å². The van der Waals surface area contributed by atoms with Crippen molar-refractivity contribution in [2.45, 2.75) is 0 Å². The molecule has 0 aliphatic carbocycles. The van der Waals surface area contributed by atoms with Crippen molar-refractivity contribution < 1.29 is 33.1 Å². The standard InChI is InChI=1S/C6H8O7P2S/c7-14(8,9)12-13-15(10,16)11-6-4-2-1-3-5-6/h1-5H,(H,10,16)(H2,7,8,9). The van der Waals surface area contributed by atoms with Crippen molar-refractivity contribution in [3.05, 3.63) is 30.3 Å². The lowest BCUT2D eigenvalue weighted by molar-refractivity contribution is -0.130. The first-order chi connectivity index (χ1) is 7.29. The van der Waals surface area contributed by atoms with Crippen LogP contribution in [0.3, 0.4) is 0 Å². The highest BCUT2D eigenvalue weighted by atomic mass is 32.5. The molecule has 1 rings (SSSR count). The summed E-state index contributed by atoms with van der Waals surface area (Å²) < 4.78 is 22.7. The molecule has 1 aromatic carbocycles. The lowest BCUT2D eigenvalue weighted by atomic mass is 10.3. The molecule has 1 aromatic rings. The number of hydrogen-bond acceptors (Lipinski definition) is 5. The number of para-hydroxylation sites is 1. The van der Waals surface area contributed by atoms with Crippen molar-refractivity contribution in [3.63, 3.8) is 0 Å². The van der Waals surface area contributed by atoms with Gasteiger partial charge in [-0.3, -0.25) is 0 Å². The Hall–Kier alpha value is -0.300. The van der Waals surface area contributed by atoms with Crippen molar-refractivity contribution in [3.8, 4) is 5.75 Å². The van der Waals surface area contributed by atoms with Crippen molar-refractivity contribution >= 4 is 26.3 Å². The Morgan fingerprint density at radius 1 is 1.06 bits per heavy atom. The van der Waals surface area contributed by atoms with Gasteiger partial charge in [0.2, 0.25) is 0 Å².